The molecule has 3 atom stereocenters. The fraction of sp³-hybridized carbons (Fsp3) is 0.615. The molecular weight excluding hydrogens is 294 g/mol. The summed E-state index contributed by atoms with van der Waals surface area (Å²) in [6, 6.07) is 1.33. The van der Waals surface area contributed by atoms with E-state index in [4.69, 9.17) is 9.88 Å². The van der Waals surface area contributed by atoms with Gasteiger partial charge < -0.3 is 14.6 Å². The zero-order chi connectivity index (χ0) is 15.2. The number of aryl methyl sites for hydroxylation is 1. The van der Waals surface area contributed by atoms with Gasteiger partial charge >= 0.3 is 0 Å². The Morgan fingerprint density at radius 3 is 2.81 bits per heavy atom. The van der Waals surface area contributed by atoms with Gasteiger partial charge in [-0.25, -0.2) is 13.6 Å². The summed E-state index contributed by atoms with van der Waals surface area (Å²) in [4.78, 5) is 12.3. The van der Waals surface area contributed by atoms with Gasteiger partial charge in [0.1, 0.15) is 10.6 Å². The van der Waals surface area contributed by atoms with Crippen LogP contribution in [0.2, 0.25) is 0 Å². The second kappa shape index (κ2) is 5.11. The third kappa shape index (κ3) is 2.70. The van der Waals surface area contributed by atoms with Crippen molar-refractivity contribution in [1.82, 2.24) is 9.88 Å². The summed E-state index contributed by atoms with van der Waals surface area (Å²) in [5, 5.41) is 8.06. The molecule has 1 aromatic heterocycles. The van der Waals surface area contributed by atoms with Crippen LogP contribution in [0, 0.1) is 0 Å². The van der Waals surface area contributed by atoms with Gasteiger partial charge in [0.15, 0.2) is 0 Å². The van der Waals surface area contributed by atoms with Crippen LogP contribution in [-0.4, -0.2) is 37.1 Å². The average Bonchev–Trinajstić information content (AvgIpc) is 3.11. The minimum absolute atomic E-state index is 0.00869. The molecule has 0 aromatic carbocycles. The van der Waals surface area contributed by atoms with Gasteiger partial charge in [-0.2, -0.15) is 0 Å². The Hall–Kier alpha value is -1.38. The number of carbonyl (C=O) groups is 1. The van der Waals surface area contributed by atoms with E-state index in [-0.39, 0.29) is 29.1 Å². The third-order valence-corrected chi connectivity index (χ3v) is 5.08. The summed E-state index contributed by atoms with van der Waals surface area (Å²) in [6.45, 7) is 2.33. The van der Waals surface area contributed by atoms with E-state index in [0.29, 0.717) is 12.2 Å². The van der Waals surface area contributed by atoms with Gasteiger partial charge in [-0.3, -0.25) is 4.79 Å². The highest BCUT2D eigenvalue weighted by Gasteiger charge is 2.41. The van der Waals surface area contributed by atoms with Crippen molar-refractivity contribution in [2.75, 3.05) is 0 Å². The second-order valence-corrected chi connectivity index (χ2v) is 7.14. The first-order valence-electron chi connectivity index (χ1n) is 7.07. The second-order valence-electron chi connectivity index (χ2n) is 5.58. The molecule has 2 aliphatic rings. The maximum atomic E-state index is 12.4. The molecule has 3 N–H and O–H groups in total. The molecule has 0 spiro atoms. The van der Waals surface area contributed by atoms with E-state index in [0.717, 1.165) is 19.3 Å². The molecule has 2 fully saturated rings. The Kier molecular flexibility index (Phi) is 3.54. The van der Waals surface area contributed by atoms with Crippen molar-refractivity contribution in [1.29, 1.82) is 0 Å². The molecule has 0 saturated carbocycles. The standard InChI is InChI=1S/C13H19N3O4S/c1-2-16-7-9(21(14,18)19)6-11(16)13(17)15-10-5-8-3-4-12(10)20-8/h6-8,10,12H,2-5H2,1H3,(H,15,17)(H2,14,18,19). The number of carbonyl (C=O) groups excluding carboxylic acids is 1. The van der Waals surface area contributed by atoms with Gasteiger partial charge in [-0.1, -0.05) is 0 Å². The molecule has 3 heterocycles. The van der Waals surface area contributed by atoms with E-state index in [1.165, 1.54) is 12.3 Å². The van der Waals surface area contributed by atoms with Crippen LogP contribution in [0.1, 0.15) is 36.7 Å². The fourth-order valence-corrected chi connectivity index (χ4v) is 3.67. The molecule has 0 radical (unpaired) electrons. The van der Waals surface area contributed by atoms with Gasteiger partial charge in [0.2, 0.25) is 10.0 Å². The van der Waals surface area contributed by atoms with E-state index in [1.54, 1.807) is 4.57 Å². The lowest BCUT2D eigenvalue weighted by atomic mass is 9.95. The Labute approximate surface area is 123 Å². The Morgan fingerprint density at radius 1 is 1.52 bits per heavy atom. The summed E-state index contributed by atoms with van der Waals surface area (Å²) >= 11 is 0. The van der Waals surface area contributed by atoms with E-state index in [9.17, 15) is 13.2 Å². The van der Waals surface area contributed by atoms with Crippen LogP contribution in [0.15, 0.2) is 17.2 Å². The van der Waals surface area contributed by atoms with Gasteiger partial charge in [-0.15, -0.1) is 0 Å². The first kappa shape index (κ1) is 14.6. The summed E-state index contributed by atoms with van der Waals surface area (Å²) in [5.41, 5.74) is 0.310. The molecule has 21 heavy (non-hydrogen) atoms. The molecule has 2 aliphatic heterocycles. The first-order chi connectivity index (χ1) is 9.88. The van der Waals surface area contributed by atoms with Crippen molar-refractivity contribution in [3.05, 3.63) is 18.0 Å². The van der Waals surface area contributed by atoms with Gasteiger partial charge in [0.25, 0.3) is 5.91 Å². The third-order valence-electron chi connectivity index (χ3n) is 4.20. The monoisotopic (exact) mass is 313 g/mol. The van der Waals surface area contributed by atoms with Gasteiger partial charge in [0.05, 0.1) is 18.2 Å². The van der Waals surface area contributed by atoms with Gasteiger partial charge in [0, 0.05) is 12.7 Å². The number of nitrogens with zero attached hydrogens (tertiary/aromatic N) is 1. The minimum atomic E-state index is -3.81. The Morgan fingerprint density at radius 2 is 2.29 bits per heavy atom. The molecule has 8 heteroatoms. The first-order valence-corrected chi connectivity index (χ1v) is 8.62. The zero-order valence-electron chi connectivity index (χ0n) is 11.8. The smallest absolute Gasteiger partial charge is 0.268 e. The van der Waals surface area contributed by atoms with Crippen molar-refractivity contribution in [3.8, 4) is 0 Å². The summed E-state index contributed by atoms with van der Waals surface area (Å²) < 4.78 is 30.1. The maximum Gasteiger partial charge on any atom is 0.268 e. The molecule has 7 nitrogen and oxygen atoms in total. The lowest BCUT2D eigenvalue weighted by Gasteiger charge is -2.20. The number of hydrogen-bond acceptors (Lipinski definition) is 4. The largest absolute Gasteiger partial charge is 0.373 e. The van der Waals surface area contributed by atoms with Crippen molar-refractivity contribution < 1.29 is 17.9 Å². The minimum Gasteiger partial charge on any atom is -0.373 e. The fourth-order valence-electron chi connectivity index (χ4n) is 3.12. The van der Waals surface area contributed by atoms with Crippen LogP contribution in [0.3, 0.4) is 0 Å². The topological polar surface area (TPSA) is 103 Å². The van der Waals surface area contributed by atoms with Crippen LogP contribution in [0.4, 0.5) is 0 Å². The number of primary sulfonamides is 1. The molecule has 1 amide bonds. The number of amides is 1. The van der Waals surface area contributed by atoms with Crippen molar-refractivity contribution in [3.63, 3.8) is 0 Å². The number of ether oxygens (including phenoxy) is 1. The van der Waals surface area contributed by atoms with Crippen LogP contribution >= 0.6 is 0 Å². The predicted octanol–water partition coefficient (Wildman–Crippen LogP) is 0.205. The molecule has 2 saturated heterocycles. The Bertz CT molecular complexity index is 667. The molecule has 1 aromatic rings. The zero-order valence-corrected chi connectivity index (χ0v) is 12.6. The number of sulfonamides is 1. The number of hydrogen-bond donors (Lipinski definition) is 2. The van der Waals surface area contributed by atoms with Crippen LogP contribution in [0.5, 0.6) is 0 Å². The van der Waals surface area contributed by atoms with E-state index < -0.39 is 10.0 Å². The Balaban J connectivity index is 1.79. The van der Waals surface area contributed by atoms with Crippen molar-refractivity contribution in [2.24, 2.45) is 5.14 Å². The summed E-state index contributed by atoms with van der Waals surface area (Å²) in [6.07, 6.45) is 4.57. The molecule has 3 rings (SSSR count). The number of nitrogens with two attached hydrogens (primary N) is 1. The normalized spacial score (nSPS) is 28.0. The van der Waals surface area contributed by atoms with Crippen LogP contribution < -0.4 is 10.5 Å². The quantitative estimate of drug-likeness (QED) is 0.829. The van der Waals surface area contributed by atoms with E-state index in [2.05, 4.69) is 5.32 Å². The molecular formula is C13H19N3O4S. The highest BCUT2D eigenvalue weighted by molar-refractivity contribution is 7.89. The van der Waals surface area contributed by atoms with E-state index in [1.807, 2.05) is 6.92 Å². The lowest BCUT2D eigenvalue weighted by molar-refractivity contribution is 0.0834. The lowest BCUT2D eigenvalue weighted by Crippen LogP contribution is -2.42. The maximum absolute atomic E-state index is 12.4. The van der Waals surface area contributed by atoms with Crippen LogP contribution in [-0.2, 0) is 21.3 Å². The van der Waals surface area contributed by atoms with Crippen molar-refractivity contribution in [2.45, 2.75) is 55.9 Å². The summed E-state index contributed by atoms with van der Waals surface area (Å²) in [7, 11) is -3.81. The summed E-state index contributed by atoms with van der Waals surface area (Å²) in [5.74, 6) is -0.284. The van der Waals surface area contributed by atoms with E-state index >= 15 is 0 Å². The van der Waals surface area contributed by atoms with Crippen LogP contribution in [0.25, 0.3) is 0 Å². The molecule has 2 bridgehead atoms. The highest BCUT2D eigenvalue weighted by atomic mass is 32.2. The SMILES string of the molecule is CCn1cc(S(N)(=O)=O)cc1C(=O)NC1CC2CCC1O2. The molecule has 3 unspecified atom stereocenters. The number of rotatable bonds is 4. The van der Waals surface area contributed by atoms with Gasteiger partial charge in [-0.05, 0) is 32.3 Å². The number of nitrogens with one attached hydrogen (secondary N) is 1. The molecule has 116 valence electrons. The number of aromatic nitrogens is 1. The number of fused-ring (bicyclic) bond motifs is 2. The highest BCUT2D eigenvalue weighted by Crippen LogP contribution is 2.34. The predicted molar refractivity (Wildman–Crippen MR) is 75.2 cm³/mol. The molecule has 0 aliphatic carbocycles. The van der Waals surface area contributed by atoms with Crippen molar-refractivity contribution >= 4 is 15.9 Å². The average molecular weight is 313 g/mol.